The lowest BCUT2D eigenvalue weighted by atomic mass is 9.76. The van der Waals surface area contributed by atoms with Crippen LogP contribution in [0, 0.1) is 27.4 Å². The fourth-order valence-electron chi connectivity index (χ4n) is 1.46. The van der Waals surface area contributed by atoms with E-state index in [1.165, 1.54) is 0 Å². The highest BCUT2D eigenvalue weighted by Crippen LogP contribution is 2.29. The van der Waals surface area contributed by atoms with Gasteiger partial charge in [0.2, 0.25) is 6.54 Å². The van der Waals surface area contributed by atoms with E-state index in [2.05, 4.69) is 0 Å². The first-order valence-electron chi connectivity index (χ1n) is 4.87. The molecular formula is C10H19NO3. The molecule has 0 radical (unpaired) electrons. The van der Waals surface area contributed by atoms with Crippen molar-refractivity contribution in [3.63, 3.8) is 0 Å². The molecule has 0 bridgehead atoms. The minimum absolute atomic E-state index is 0.121. The summed E-state index contributed by atoms with van der Waals surface area (Å²) in [6.07, 6.45) is 1.54. The highest BCUT2D eigenvalue weighted by molar-refractivity contribution is 5.58. The maximum atomic E-state index is 10.8. The fourth-order valence-corrected chi connectivity index (χ4v) is 1.46. The SMILES string of the molecule is CC(C)C[C@H](C[N+](=O)[O-])C(C)(C)C=O. The van der Waals surface area contributed by atoms with Gasteiger partial charge in [-0.2, -0.15) is 0 Å². The van der Waals surface area contributed by atoms with Crippen LogP contribution in [0.15, 0.2) is 0 Å². The Hall–Kier alpha value is -0.930. The summed E-state index contributed by atoms with van der Waals surface area (Å²) in [7, 11) is 0. The average Bonchev–Trinajstić information content (AvgIpc) is 2.01. The lowest BCUT2D eigenvalue weighted by Gasteiger charge is -2.27. The molecule has 0 rings (SSSR count). The third-order valence-corrected chi connectivity index (χ3v) is 2.48. The van der Waals surface area contributed by atoms with Gasteiger partial charge in [0.25, 0.3) is 0 Å². The predicted molar refractivity (Wildman–Crippen MR) is 54.7 cm³/mol. The van der Waals surface area contributed by atoms with E-state index in [0.29, 0.717) is 12.3 Å². The molecule has 0 unspecified atom stereocenters. The number of hydrogen-bond acceptors (Lipinski definition) is 3. The molecule has 4 nitrogen and oxygen atoms in total. The van der Waals surface area contributed by atoms with Crippen LogP contribution in [0.3, 0.4) is 0 Å². The molecule has 0 saturated heterocycles. The second-order valence-corrected chi connectivity index (χ2v) is 4.78. The first-order valence-corrected chi connectivity index (χ1v) is 4.87. The molecule has 0 aliphatic heterocycles. The first kappa shape index (κ1) is 13.1. The number of carbonyl (C=O) groups excluding carboxylic acids is 1. The van der Waals surface area contributed by atoms with E-state index >= 15 is 0 Å². The van der Waals surface area contributed by atoms with E-state index in [1.54, 1.807) is 13.8 Å². The number of hydrogen-bond donors (Lipinski definition) is 0. The zero-order valence-electron chi connectivity index (χ0n) is 9.32. The Balaban J connectivity index is 4.53. The molecule has 1 atom stereocenters. The van der Waals surface area contributed by atoms with E-state index in [-0.39, 0.29) is 17.4 Å². The Morgan fingerprint density at radius 1 is 1.43 bits per heavy atom. The number of nitro groups is 1. The summed E-state index contributed by atoms with van der Waals surface area (Å²) in [6.45, 7) is 7.42. The van der Waals surface area contributed by atoms with Crippen LogP contribution in [-0.4, -0.2) is 17.8 Å². The molecule has 0 spiro atoms. The lowest BCUT2D eigenvalue weighted by Crippen LogP contribution is -2.32. The number of carbonyl (C=O) groups is 1. The third kappa shape index (κ3) is 4.35. The number of nitrogens with zero attached hydrogens (tertiary/aromatic N) is 1. The predicted octanol–water partition coefficient (Wildman–Crippen LogP) is 2.15. The summed E-state index contributed by atoms with van der Waals surface area (Å²) in [6, 6.07) is 0. The Morgan fingerprint density at radius 3 is 2.21 bits per heavy atom. The van der Waals surface area contributed by atoms with E-state index in [4.69, 9.17) is 0 Å². The van der Waals surface area contributed by atoms with Gasteiger partial charge in [0, 0.05) is 16.3 Å². The monoisotopic (exact) mass is 201 g/mol. The van der Waals surface area contributed by atoms with Crippen LogP contribution >= 0.6 is 0 Å². The van der Waals surface area contributed by atoms with Gasteiger partial charge in [0.05, 0.1) is 0 Å². The Morgan fingerprint density at radius 2 is 1.93 bits per heavy atom. The molecule has 0 heterocycles. The van der Waals surface area contributed by atoms with Crippen molar-refractivity contribution in [2.75, 3.05) is 6.54 Å². The van der Waals surface area contributed by atoms with Crippen molar-refractivity contribution in [1.82, 2.24) is 0 Å². The van der Waals surface area contributed by atoms with Gasteiger partial charge in [-0.25, -0.2) is 0 Å². The van der Waals surface area contributed by atoms with Crippen LogP contribution in [0.2, 0.25) is 0 Å². The normalized spacial score (nSPS) is 14.1. The van der Waals surface area contributed by atoms with Crippen molar-refractivity contribution in [3.8, 4) is 0 Å². The van der Waals surface area contributed by atoms with Crippen LogP contribution in [0.5, 0.6) is 0 Å². The largest absolute Gasteiger partial charge is 0.303 e. The van der Waals surface area contributed by atoms with Crippen molar-refractivity contribution in [2.45, 2.75) is 34.1 Å². The molecule has 0 saturated carbocycles. The average molecular weight is 201 g/mol. The Bertz CT molecular complexity index is 211. The van der Waals surface area contributed by atoms with Gasteiger partial charge in [0.1, 0.15) is 6.29 Å². The molecule has 0 aromatic rings. The Kier molecular flexibility index (Phi) is 4.74. The molecule has 0 aliphatic rings. The smallest absolute Gasteiger partial charge is 0.207 e. The molecule has 0 aliphatic carbocycles. The highest BCUT2D eigenvalue weighted by Gasteiger charge is 2.33. The van der Waals surface area contributed by atoms with E-state index < -0.39 is 5.41 Å². The summed E-state index contributed by atoms with van der Waals surface area (Å²) in [4.78, 5) is 20.9. The summed E-state index contributed by atoms with van der Waals surface area (Å²) in [5.74, 6) is 0.203. The van der Waals surface area contributed by atoms with Crippen molar-refractivity contribution in [1.29, 1.82) is 0 Å². The van der Waals surface area contributed by atoms with Crippen LogP contribution in [0.25, 0.3) is 0 Å². The molecular weight excluding hydrogens is 182 g/mol. The highest BCUT2D eigenvalue weighted by atomic mass is 16.6. The summed E-state index contributed by atoms with van der Waals surface area (Å²) >= 11 is 0. The Labute approximate surface area is 84.8 Å². The van der Waals surface area contributed by atoms with Crippen molar-refractivity contribution < 1.29 is 9.72 Å². The van der Waals surface area contributed by atoms with Crippen molar-refractivity contribution in [2.24, 2.45) is 17.3 Å². The van der Waals surface area contributed by atoms with Gasteiger partial charge in [-0.15, -0.1) is 0 Å². The first-order chi connectivity index (χ1) is 6.29. The van der Waals surface area contributed by atoms with Crippen LogP contribution in [0.1, 0.15) is 34.1 Å². The van der Waals surface area contributed by atoms with Crippen LogP contribution in [0.4, 0.5) is 0 Å². The van der Waals surface area contributed by atoms with E-state index in [9.17, 15) is 14.9 Å². The summed E-state index contributed by atoms with van der Waals surface area (Å²) in [5, 5.41) is 10.4. The second-order valence-electron chi connectivity index (χ2n) is 4.78. The maximum absolute atomic E-state index is 10.8. The quantitative estimate of drug-likeness (QED) is 0.376. The standard InChI is InChI=1S/C10H19NO3/c1-8(2)5-9(6-11(13)14)10(3,4)7-12/h7-9H,5-6H2,1-4H3/t9-/m1/s1. The zero-order valence-corrected chi connectivity index (χ0v) is 9.32. The molecule has 4 heteroatoms. The second kappa shape index (κ2) is 5.08. The molecule has 0 fully saturated rings. The topological polar surface area (TPSA) is 60.2 Å². The molecule has 82 valence electrons. The van der Waals surface area contributed by atoms with Gasteiger partial charge in [-0.3, -0.25) is 10.1 Å². The van der Waals surface area contributed by atoms with Gasteiger partial charge in [0.15, 0.2) is 0 Å². The minimum Gasteiger partial charge on any atom is -0.303 e. The van der Waals surface area contributed by atoms with E-state index in [0.717, 1.165) is 6.29 Å². The zero-order chi connectivity index (χ0) is 11.4. The molecule has 0 N–H and O–H groups in total. The minimum atomic E-state index is -0.600. The summed E-state index contributed by atoms with van der Waals surface area (Å²) < 4.78 is 0. The van der Waals surface area contributed by atoms with Gasteiger partial charge < -0.3 is 4.79 Å². The summed E-state index contributed by atoms with van der Waals surface area (Å²) in [5.41, 5.74) is -0.600. The third-order valence-electron chi connectivity index (χ3n) is 2.48. The molecule has 14 heavy (non-hydrogen) atoms. The maximum Gasteiger partial charge on any atom is 0.207 e. The fraction of sp³-hybridized carbons (Fsp3) is 0.900. The van der Waals surface area contributed by atoms with Gasteiger partial charge in [-0.05, 0) is 12.3 Å². The molecule has 0 aromatic carbocycles. The lowest BCUT2D eigenvalue weighted by molar-refractivity contribution is -0.491. The van der Waals surface area contributed by atoms with Gasteiger partial charge in [-0.1, -0.05) is 27.7 Å². The van der Waals surface area contributed by atoms with Crippen LogP contribution in [-0.2, 0) is 4.79 Å². The number of aldehydes is 1. The van der Waals surface area contributed by atoms with Crippen molar-refractivity contribution in [3.05, 3.63) is 10.1 Å². The molecule has 0 amide bonds. The number of rotatable bonds is 6. The van der Waals surface area contributed by atoms with Crippen molar-refractivity contribution >= 4 is 6.29 Å². The van der Waals surface area contributed by atoms with E-state index in [1.807, 2.05) is 13.8 Å². The molecule has 0 aromatic heterocycles. The van der Waals surface area contributed by atoms with Crippen LogP contribution < -0.4 is 0 Å². The van der Waals surface area contributed by atoms with Gasteiger partial charge >= 0.3 is 0 Å².